The van der Waals surface area contributed by atoms with Crippen LogP contribution in [-0.2, 0) is 11.3 Å². The van der Waals surface area contributed by atoms with Crippen molar-refractivity contribution in [3.8, 4) is 17.1 Å². The summed E-state index contributed by atoms with van der Waals surface area (Å²) in [5.74, 6) is 0.154. The zero-order chi connectivity index (χ0) is 16.8. The van der Waals surface area contributed by atoms with Gasteiger partial charge in [-0.3, -0.25) is 4.79 Å². The van der Waals surface area contributed by atoms with E-state index in [1.807, 2.05) is 18.2 Å². The van der Waals surface area contributed by atoms with Crippen LogP contribution < -0.4 is 10.1 Å². The quantitative estimate of drug-likeness (QED) is 0.753. The van der Waals surface area contributed by atoms with Gasteiger partial charge in [-0.1, -0.05) is 35.5 Å². The average molecular weight is 327 g/mol. The first-order valence-electron chi connectivity index (χ1n) is 7.24. The number of hydrogen-bond acceptors (Lipinski definition) is 5. The Hall–Kier alpha value is -3.22. The Labute approximate surface area is 137 Å². The number of benzene rings is 2. The van der Waals surface area contributed by atoms with Crippen molar-refractivity contribution in [3.05, 3.63) is 66.3 Å². The summed E-state index contributed by atoms with van der Waals surface area (Å²) < 4.78 is 24.0. The monoisotopic (exact) mass is 327 g/mol. The molecule has 6 nitrogen and oxygen atoms in total. The van der Waals surface area contributed by atoms with Crippen molar-refractivity contribution in [3.63, 3.8) is 0 Å². The molecule has 2 aromatic carbocycles. The maximum Gasteiger partial charge on any atom is 0.258 e. The summed E-state index contributed by atoms with van der Waals surface area (Å²) in [7, 11) is 0. The molecule has 0 saturated carbocycles. The minimum absolute atomic E-state index is 0.0401. The lowest BCUT2D eigenvalue weighted by Gasteiger charge is -2.05. The Bertz CT molecular complexity index is 821. The second-order valence-electron chi connectivity index (χ2n) is 4.87. The zero-order valence-corrected chi connectivity index (χ0v) is 12.6. The van der Waals surface area contributed by atoms with Gasteiger partial charge in [0.2, 0.25) is 11.7 Å². The Kier molecular flexibility index (Phi) is 4.81. The van der Waals surface area contributed by atoms with Crippen LogP contribution in [-0.4, -0.2) is 22.7 Å². The van der Waals surface area contributed by atoms with Crippen LogP contribution in [0.3, 0.4) is 0 Å². The van der Waals surface area contributed by atoms with Crippen molar-refractivity contribution >= 4 is 5.91 Å². The molecular weight excluding hydrogens is 313 g/mol. The molecule has 3 rings (SSSR count). The molecule has 0 unspecified atom stereocenters. The molecule has 0 spiro atoms. The van der Waals surface area contributed by atoms with E-state index in [1.165, 1.54) is 6.07 Å². The van der Waals surface area contributed by atoms with Crippen LogP contribution in [0.2, 0.25) is 0 Å². The third-order valence-corrected chi connectivity index (χ3v) is 3.13. The Morgan fingerprint density at radius 1 is 1.12 bits per heavy atom. The summed E-state index contributed by atoms with van der Waals surface area (Å²) in [6, 6.07) is 15.1. The molecule has 122 valence electrons. The molecule has 0 atom stereocenters. The van der Waals surface area contributed by atoms with Crippen molar-refractivity contribution in [1.29, 1.82) is 0 Å². The maximum atomic E-state index is 13.7. The fourth-order valence-electron chi connectivity index (χ4n) is 1.97. The number of ether oxygens (including phenoxy) is 1. The van der Waals surface area contributed by atoms with Crippen LogP contribution in [0.1, 0.15) is 5.89 Å². The Morgan fingerprint density at radius 3 is 2.67 bits per heavy atom. The number of halogens is 1. The van der Waals surface area contributed by atoms with E-state index < -0.39 is 5.82 Å². The molecule has 0 aliphatic rings. The van der Waals surface area contributed by atoms with Crippen LogP contribution >= 0.6 is 0 Å². The van der Waals surface area contributed by atoms with Gasteiger partial charge >= 0.3 is 0 Å². The number of hydrogen-bond donors (Lipinski definition) is 1. The molecule has 0 aliphatic heterocycles. The van der Waals surface area contributed by atoms with Crippen molar-refractivity contribution in [1.82, 2.24) is 15.5 Å². The van der Waals surface area contributed by atoms with Gasteiger partial charge < -0.3 is 14.6 Å². The number of nitrogens with one attached hydrogen (secondary N) is 1. The third kappa shape index (κ3) is 3.95. The fraction of sp³-hybridized carbons (Fsp3) is 0.118. The van der Waals surface area contributed by atoms with Crippen molar-refractivity contribution < 1.29 is 18.4 Å². The summed E-state index contributed by atoms with van der Waals surface area (Å²) in [5.41, 5.74) is 0.242. The topological polar surface area (TPSA) is 77.2 Å². The number of nitrogens with zero attached hydrogens (tertiary/aromatic N) is 2. The van der Waals surface area contributed by atoms with Crippen LogP contribution in [0.5, 0.6) is 5.75 Å². The van der Waals surface area contributed by atoms with Crippen LogP contribution in [0.15, 0.2) is 59.1 Å². The third-order valence-electron chi connectivity index (χ3n) is 3.13. The smallest absolute Gasteiger partial charge is 0.258 e. The first-order chi connectivity index (χ1) is 11.7. The van der Waals surface area contributed by atoms with Gasteiger partial charge in [0.05, 0.1) is 12.1 Å². The molecule has 0 aliphatic carbocycles. The van der Waals surface area contributed by atoms with E-state index in [1.54, 1.807) is 30.3 Å². The summed E-state index contributed by atoms with van der Waals surface area (Å²) in [6.07, 6.45) is 0. The lowest BCUT2D eigenvalue weighted by Crippen LogP contribution is -2.28. The zero-order valence-electron chi connectivity index (χ0n) is 12.6. The van der Waals surface area contributed by atoms with Gasteiger partial charge in [-0.2, -0.15) is 4.98 Å². The molecule has 0 saturated heterocycles. The lowest BCUT2D eigenvalue weighted by atomic mass is 10.2. The molecule has 0 fully saturated rings. The second-order valence-corrected chi connectivity index (χ2v) is 4.87. The number of aromatic nitrogens is 2. The minimum atomic E-state index is -0.440. The van der Waals surface area contributed by atoms with E-state index in [9.17, 15) is 9.18 Å². The normalized spacial score (nSPS) is 10.4. The van der Waals surface area contributed by atoms with E-state index in [0.29, 0.717) is 5.75 Å². The molecule has 3 aromatic rings. The summed E-state index contributed by atoms with van der Waals surface area (Å²) in [5, 5.41) is 6.30. The molecule has 1 heterocycles. The first-order valence-corrected chi connectivity index (χ1v) is 7.24. The first kappa shape index (κ1) is 15.7. The summed E-state index contributed by atoms with van der Waals surface area (Å²) >= 11 is 0. The fourth-order valence-corrected chi connectivity index (χ4v) is 1.97. The van der Waals surface area contributed by atoms with Gasteiger partial charge in [-0.05, 0) is 24.3 Å². The highest BCUT2D eigenvalue weighted by Gasteiger charge is 2.13. The van der Waals surface area contributed by atoms with Crippen molar-refractivity contribution in [2.75, 3.05) is 6.61 Å². The largest absolute Gasteiger partial charge is 0.484 e. The SMILES string of the molecule is O=C(COc1ccccc1)NCc1nc(-c2ccccc2F)no1. The predicted octanol–water partition coefficient (Wildman–Crippen LogP) is 2.57. The average Bonchev–Trinajstić information content (AvgIpc) is 3.08. The number of carbonyl (C=O) groups excluding carboxylic acids is 1. The highest BCUT2D eigenvalue weighted by Crippen LogP contribution is 2.19. The molecule has 0 bridgehead atoms. The van der Waals surface area contributed by atoms with Crippen molar-refractivity contribution in [2.24, 2.45) is 0 Å². The summed E-state index contributed by atoms with van der Waals surface area (Å²) in [6.45, 7) is -0.0866. The molecule has 0 radical (unpaired) electrons. The van der Waals surface area contributed by atoms with Gasteiger partial charge in [0.25, 0.3) is 5.91 Å². The standard InChI is InChI=1S/C17H14FN3O3/c18-14-9-5-4-8-13(14)17-20-16(24-21-17)10-19-15(22)11-23-12-6-2-1-3-7-12/h1-9H,10-11H2,(H,19,22). The van der Waals surface area contributed by atoms with Gasteiger partial charge in [0, 0.05) is 0 Å². The highest BCUT2D eigenvalue weighted by molar-refractivity contribution is 5.77. The highest BCUT2D eigenvalue weighted by atomic mass is 19.1. The lowest BCUT2D eigenvalue weighted by molar-refractivity contribution is -0.123. The van der Waals surface area contributed by atoms with E-state index in [4.69, 9.17) is 9.26 Å². The second kappa shape index (κ2) is 7.36. The Balaban J connectivity index is 1.52. The predicted molar refractivity (Wildman–Crippen MR) is 83.5 cm³/mol. The Morgan fingerprint density at radius 2 is 1.88 bits per heavy atom. The molecule has 7 heteroatoms. The molecule has 1 aromatic heterocycles. The van der Waals surface area contributed by atoms with Gasteiger partial charge in [0.15, 0.2) is 6.61 Å². The molecule has 1 N–H and O–H groups in total. The molecule has 24 heavy (non-hydrogen) atoms. The summed E-state index contributed by atoms with van der Waals surface area (Å²) in [4.78, 5) is 15.8. The number of rotatable bonds is 6. The van der Waals surface area contributed by atoms with E-state index in [-0.39, 0.29) is 36.3 Å². The van der Waals surface area contributed by atoms with Crippen LogP contribution in [0.25, 0.3) is 11.4 Å². The van der Waals surface area contributed by atoms with Crippen molar-refractivity contribution in [2.45, 2.75) is 6.54 Å². The van der Waals surface area contributed by atoms with E-state index in [0.717, 1.165) is 0 Å². The van der Waals surface area contributed by atoms with Crippen LogP contribution in [0, 0.1) is 5.82 Å². The molecule has 1 amide bonds. The maximum absolute atomic E-state index is 13.7. The van der Waals surface area contributed by atoms with Gasteiger partial charge in [0.1, 0.15) is 11.6 Å². The number of carbonyl (C=O) groups is 1. The van der Waals surface area contributed by atoms with Gasteiger partial charge in [-0.15, -0.1) is 0 Å². The minimum Gasteiger partial charge on any atom is -0.484 e. The van der Waals surface area contributed by atoms with Gasteiger partial charge in [-0.25, -0.2) is 4.39 Å². The van der Waals surface area contributed by atoms with E-state index in [2.05, 4.69) is 15.5 Å². The van der Waals surface area contributed by atoms with Crippen LogP contribution in [0.4, 0.5) is 4.39 Å². The number of amides is 1. The van der Waals surface area contributed by atoms with E-state index >= 15 is 0 Å². The molecular formula is C17H14FN3O3. The number of para-hydroxylation sites is 1.